The van der Waals surface area contributed by atoms with Crippen molar-refractivity contribution < 1.29 is 27.8 Å². The molecule has 0 saturated carbocycles. The number of aromatic nitrogens is 2. The summed E-state index contributed by atoms with van der Waals surface area (Å²) in [5.74, 6) is -3.06. The van der Waals surface area contributed by atoms with Gasteiger partial charge in [-0.05, 0) is 59.6 Å². The van der Waals surface area contributed by atoms with Gasteiger partial charge in [-0.15, -0.1) is 0 Å². The van der Waals surface area contributed by atoms with Gasteiger partial charge in [-0.3, -0.25) is 19.1 Å². The highest BCUT2D eigenvalue weighted by Gasteiger charge is 2.42. The smallest absolute Gasteiger partial charge is 0.326 e. The zero-order valence-corrected chi connectivity index (χ0v) is 23.8. The lowest BCUT2D eigenvalue weighted by Gasteiger charge is -2.40. The van der Waals surface area contributed by atoms with Crippen molar-refractivity contribution in [2.45, 2.75) is 58.0 Å². The largest absolute Gasteiger partial charge is 0.451 e. The van der Waals surface area contributed by atoms with E-state index in [-0.39, 0.29) is 35.5 Å². The number of carbonyl (C=O) groups is 2. The fraction of sp³-hybridized carbons (Fsp3) is 0.419. The summed E-state index contributed by atoms with van der Waals surface area (Å²) in [7, 11) is 0. The molecular weight excluding hydrogens is 546 g/mol. The third-order valence-corrected chi connectivity index (χ3v) is 8.06. The van der Waals surface area contributed by atoms with Gasteiger partial charge < -0.3 is 20.1 Å². The molecule has 222 valence electrons. The summed E-state index contributed by atoms with van der Waals surface area (Å²) >= 11 is 0. The first-order valence-corrected chi connectivity index (χ1v) is 14.1. The number of nitrogens with two attached hydrogens (primary N) is 1. The Morgan fingerprint density at radius 1 is 1.07 bits per heavy atom. The van der Waals surface area contributed by atoms with Gasteiger partial charge in [-0.1, -0.05) is 45.0 Å². The molecule has 0 saturated heterocycles. The van der Waals surface area contributed by atoms with E-state index in [9.17, 15) is 14.4 Å². The van der Waals surface area contributed by atoms with Gasteiger partial charge in [0, 0.05) is 19.0 Å². The van der Waals surface area contributed by atoms with Crippen molar-refractivity contribution >= 4 is 11.9 Å². The maximum atomic E-state index is 15.2. The van der Waals surface area contributed by atoms with Gasteiger partial charge in [0.2, 0.25) is 18.0 Å². The first-order valence-electron chi connectivity index (χ1n) is 14.1. The summed E-state index contributed by atoms with van der Waals surface area (Å²) < 4.78 is 42.6. The Hall–Kier alpha value is -4.12. The maximum absolute atomic E-state index is 15.2. The molecule has 11 heteroatoms. The van der Waals surface area contributed by atoms with Crippen molar-refractivity contribution in [2.75, 3.05) is 19.9 Å². The highest BCUT2D eigenvalue weighted by Crippen LogP contribution is 2.44. The van der Waals surface area contributed by atoms with Gasteiger partial charge >= 0.3 is 5.97 Å². The number of benzene rings is 2. The zero-order valence-electron chi connectivity index (χ0n) is 23.8. The molecule has 2 atom stereocenters. The van der Waals surface area contributed by atoms with Crippen LogP contribution in [0.3, 0.4) is 0 Å². The molecule has 2 aliphatic rings. The van der Waals surface area contributed by atoms with E-state index in [2.05, 4.69) is 5.10 Å². The average molecular weight is 581 g/mol. The van der Waals surface area contributed by atoms with Crippen molar-refractivity contribution in [1.82, 2.24) is 14.7 Å². The molecule has 2 N–H and O–H groups in total. The number of hydrogen-bond acceptors (Lipinski definition) is 7. The number of halogens is 2. The molecule has 5 rings (SSSR count). The van der Waals surface area contributed by atoms with Gasteiger partial charge in [0.25, 0.3) is 5.91 Å². The predicted molar refractivity (Wildman–Crippen MR) is 150 cm³/mol. The second kappa shape index (κ2) is 12.0. The SMILES string of the molecule is CCCN1C[C@H](C2c3cccc(F)c3CCc3c(F)cccc32)n2ncc(=O)c(OCOC(=O)[C@@H](N)C(C)C)c2C1=O. The molecule has 2 aromatic carbocycles. The third kappa shape index (κ3) is 5.29. The van der Waals surface area contributed by atoms with Crippen LogP contribution in [0.25, 0.3) is 0 Å². The molecule has 9 nitrogen and oxygen atoms in total. The Labute approximate surface area is 242 Å². The number of carbonyl (C=O) groups excluding carboxylic acids is 2. The van der Waals surface area contributed by atoms with Crippen molar-refractivity contribution in [3.63, 3.8) is 0 Å². The Morgan fingerprint density at radius 2 is 1.69 bits per heavy atom. The molecule has 0 radical (unpaired) electrons. The lowest BCUT2D eigenvalue weighted by atomic mass is 9.81. The fourth-order valence-electron chi connectivity index (χ4n) is 5.89. The second-order valence-electron chi connectivity index (χ2n) is 11.0. The fourth-order valence-corrected chi connectivity index (χ4v) is 5.89. The van der Waals surface area contributed by atoms with Crippen LogP contribution < -0.4 is 15.9 Å². The zero-order chi connectivity index (χ0) is 30.1. The maximum Gasteiger partial charge on any atom is 0.326 e. The van der Waals surface area contributed by atoms with E-state index in [4.69, 9.17) is 15.2 Å². The average Bonchev–Trinajstić information content (AvgIpc) is 3.13. The quantitative estimate of drug-likeness (QED) is 0.319. The number of esters is 1. The van der Waals surface area contributed by atoms with Crippen LogP contribution in [0.5, 0.6) is 5.75 Å². The molecule has 1 aromatic heterocycles. The molecule has 42 heavy (non-hydrogen) atoms. The van der Waals surface area contributed by atoms with E-state index >= 15 is 8.78 Å². The minimum Gasteiger partial charge on any atom is -0.451 e. The van der Waals surface area contributed by atoms with Gasteiger partial charge in [-0.25, -0.2) is 8.78 Å². The van der Waals surface area contributed by atoms with Gasteiger partial charge in [0.05, 0.1) is 12.2 Å². The highest BCUT2D eigenvalue weighted by atomic mass is 19.1. The highest BCUT2D eigenvalue weighted by molar-refractivity contribution is 5.96. The van der Waals surface area contributed by atoms with Crippen LogP contribution in [0.15, 0.2) is 47.4 Å². The van der Waals surface area contributed by atoms with Gasteiger partial charge in [-0.2, -0.15) is 5.10 Å². The molecule has 2 heterocycles. The second-order valence-corrected chi connectivity index (χ2v) is 11.0. The van der Waals surface area contributed by atoms with Crippen molar-refractivity contribution in [2.24, 2.45) is 11.7 Å². The lowest BCUT2D eigenvalue weighted by Crippen LogP contribution is -2.47. The van der Waals surface area contributed by atoms with Crippen LogP contribution in [-0.4, -0.2) is 52.5 Å². The summed E-state index contributed by atoms with van der Waals surface area (Å²) in [6, 6.07) is 8.13. The van der Waals surface area contributed by atoms with E-state index in [1.165, 1.54) is 16.8 Å². The molecule has 0 spiro atoms. The standard InChI is InChI=1S/C31H34F2N4O5/c1-4-13-36-15-24(26-20-7-5-9-22(32)18(20)11-12-19-21(26)8-6-10-23(19)33)37-28(30(36)39)29(25(38)14-35-37)41-16-42-31(40)27(34)17(2)3/h5-10,14,17,24,26-27H,4,11-13,15-16,34H2,1-3H3/t24-,27+/m1/s1. The molecule has 0 fully saturated rings. The molecule has 1 aliphatic carbocycles. The van der Waals surface area contributed by atoms with Crippen LogP contribution in [0.2, 0.25) is 0 Å². The van der Waals surface area contributed by atoms with Crippen LogP contribution in [0.1, 0.15) is 71.9 Å². The normalized spacial score (nSPS) is 17.3. The monoisotopic (exact) mass is 580 g/mol. The molecule has 0 unspecified atom stereocenters. The summed E-state index contributed by atoms with van der Waals surface area (Å²) in [6.45, 7) is 5.37. The van der Waals surface area contributed by atoms with Crippen LogP contribution >= 0.6 is 0 Å². The summed E-state index contributed by atoms with van der Waals surface area (Å²) in [6.07, 6.45) is 2.27. The van der Waals surface area contributed by atoms with E-state index in [0.717, 1.165) is 6.20 Å². The van der Waals surface area contributed by atoms with E-state index < -0.39 is 42.1 Å². The minimum absolute atomic E-state index is 0.114. The van der Waals surface area contributed by atoms with Crippen molar-refractivity contribution in [3.05, 3.63) is 92.4 Å². The van der Waals surface area contributed by atoms with E-state index in [1.54, 1.807) is 30.9 Å². The minimum atomic E-state index is -0.886. The predicted octanol–water partition coefficient (Wildman–Crippen LogP) is 3.72. The Bertz CT molecular complexity index is 1520. The number of rotatable bonds is 8. The number of ether oxygens (including phenoxy) is 2. The molecule has 1 amide bonds. The number of amides is 1. The first-order chi connectivity index (χ1) is 20.1. The number of fused-ring (bicyclic) bond motifs is 3. The Morgan fingerprint density at radius 3 is 2.26 bits per heavy atom. The van der Waals surface area contributed by atoms with Crippen molar-refractivity contribution in [1.29, 1.82) is 0 Å². The number of nitrogens with zero attached hydrogens (tertiary/aromatic N) is 3. The third-order valence-electron chi connectivity index (χ3n) is 8.06. The van der Waals surface area contributed by atoms with Gasteiger partial charge in [0.15, 0.2) is 5.69 Å². The Kier molecular flexibility index (Phi) is 8.40. The molecule has 0 bridgehead atoms. The topological polar surface area (TPSA) is 117 Å². The number of hydrogen-bond donors (Lipinski definition) is 1. The summed E-state index contributed by atoms with van der Waals surface area (Å²) in [5.41, 5.74) is 7.35. The van der Waals surface area contributed by atoms with Gasteiger partial charge in [0.1, 0.15) is 17.7 Å². The van der Waals surface area contributed by atoms with Crippen LogP contribution in [0, 0.1) is 17.6 Å². The van der Waals surface area contributed by atoms with Crippen molar-refractivity contribution in [3.8, 4) is 5.75 Å². The summed E-state index contributed by atoms with van der Waals surface area (Å²) in [4.78, 5) is 40.6. The lowest BCUT2D eigenvalue weighted by molar-refractivity contribution is -0.152. The van der Waals surface area contributed by atoms with Crippen LogP contribution in [0.4, 0.5) is 8.78 Å². The molecule has 3 aromatic rings. The van der Waals surface area contributed by atoms with E-state index in [1.807, 2.05) is 19.1 Å². The summed E-state index contributed by atoms with van der Waals surface area (Å²) in [5, 5.41) is 4.36. The molecule has 1 aliphatic heterocycles. The van der Waals surface area contributed by atoms with E-state index in [0.29, 0.717) is 48.1 Å². The van der Waals surface area contributed by atoms with Crippen LogP contribution in [-0.2, 0) is 22.4 Å². The molecular formula is C31H34F2N4O5. The first kappa shape index (κ1) is 29.4. The Balaban J connectivity index is 1.64.